The van der Waals surface area contributed by atoms with Crippen LogP contribution in [0, 0.1) is 10.1 Å². The van der Waals surface area contributed by atoms with E-state index in [-0.39, 0.29) is 18.1 Å². The number of aromatic nitrogens is 2. The van der Waals surface area contributed by atoms with Crippen LogP contribution < -0.4 is 5.32 Å². The van der Waals surface area contributed by atoms with Crippen LogP contribution in [0.2, 0.25) is 0 Å². The number of nitro groups is 1. The first-order chi connectivity index (χ1) is 9.61. The molecular formula is C12H17N5O3. The Morgan fingerprint density at radius 2 is 2.25 bits per heavy atom. The summed E-state index contributed by atoms with van der Waals surface area (Å²) in [6, 6.07) is 0.919. The summed E-state index contributed by atoms with van der Waals surface area (Å²) >= 11 is 0. The van der Waals surface area contributed by atoms with Gasteiger partial charge in [-0.1, -0.05) is 0 Å². The van der Waals surface area contributed by atoms with E-state index in [4.69, 9.17) is 0 Å². The molecular weight excluding hydrogens is 262 g/mol. The van der Waals surface area contributed by atoms with Crippen molar-refractivity contribution in [2.24, 2.45) is 0 Å². The Balaban J connectivity index is 1.62. The van der Waals surface area contributed by atoms with Crippen LogP contribution in [0.3, 0.4) is 0 Å². The van der Waals surface area contributed by atoms with Crippen molar-refractivity contribution in [3.63, 3.8) is 0 Å². The molecule has 3 rings (SSSR count). The van der Waals surface area contributed by atoms with Crippen LogP contribution in [-0.4, -0.2) is 50.7 Å². The zero-order valence-corrected chi connectivity index (χ0v) is 11.1. The summed E-state index contributed by atoms with van der Waals surface area (Å²) in [6.45, 7) is 1.53. The average molecular weight is 279 g/mol. The molecule has 8 nitrogen and oxygen atoms in total. The maximum atomic E-state index is 12.2. The van der Waals surface area contributed by atoms with Gasteiger partial charge in [0.1, 0.15) is 18.9 Å². The third-order valence-corrected chi connectivity index (χ3v) is 4.00. The van der Waals surface area contributed by atoms with Crippen molar-refractivity contribution in [2.45, 2.75) is 37.9 Å². The van der Waals surface area contributed by atoms with Crippen molar-refractivity contribution in [3.8, 4) is 0 Å². The molecule has 2 unspecified atom stereocenters. The predicted molar refractivity (Wildman–Crippen MR) is 70.0 cm³/mol. The second-order valence-corrected chi connectivity index (χ2v) is 5.42. The summed E-state index contributed by atoms with van der Waals surface area (Å²) in [5.74, 6) is -0.0302. The van der Waals surface area contributed by atoms with Crippen LogP contribution in [0.4, 0.5) is 5.69 Å². The van der Waals surface area contributed by atoms with E-state index in [2.05, 4.69) is 10.4 Å². The van der Waals surface area contributed by atoms with Gasteiger partial charge in [-0.05, 0) is 19.3 Å². The molecule has 0 saturated carbocycles. The monoisotopic (exact) mass is 279 g/mol. The van der Waals surface area contributed by atoms with Gasteiger partial charge in [0.25, 0.3) is 0 Å². The molecule has 2 atom stereocenters. The maximum absolute atomic E-state index is 12.2. The molecule has 2 bridgehead atoms. The van der Waals surface area contributed by atoms with Crippen molar-refractivity contribution < 1.29 is 9.72 Å². The first kappa shape index (κ1) is 13.0. The fraction of sp³-hybridized carbons (Fsp3) is 0.667. The molecule has 0 spiro atoms. The Morgan fingerprint density at radius 3 is 3.00 bits per heavy atom. The fourth-order valence-corrected chi connectivity index (χ4v) is 2.94. The van der Waals surface area contributed by atoms with Crippen molar-refractivity contribution in [3.05, 3.63) is 22.5 Å². The summed E-state index contributed by atoms with van der Waals surface area (Å²) < 4.78 is 1.33. The van der Waals surface area contributed by atoms with E-state index in [0.717, 1.165) is 25.9 Å². The minimum absolute atomic E-state index is 0.0302. The zero-order valence-electron chi connectivity index (χ0n) is 11.1. The highest BCUT2D eigenvalue weighted by molar-refractivity contribution is 5.76. The van der Waals surface area contributed by atoms with Crippen LogP contribution >= 0.6 is 0 Å². The lowest BCUT2D eigenvalue weighted by Gasteiger charge is -2.24. The second-order valence-electron chi connectivity index (χ2n) is 5.42. The van der Waals surface area contributed by atoms with Gasteiger partial charge in [-0.15, -0.1) is 0 Å². The molecule has 2 saturated heterocycles. The Morgan fingerprint density at radius 1 is 1.45 bits per heavy atom. The smallest absolute Gasteiger partial charge is 0.307 e. The summed E-state index contributed by atoms with van der Waals surface area (Å²) in [5.41, 5.74) is -0.0885. The number of carbonyl (C=O) groups is 1. The van der Waals surface area contributed by atoms with E-state index >= 15 is 0 Å². The topological polar surface area (TPSA) is 93.3 Å². The highest BCUT2D eigenvalue weighted by Crippen LogP contribution is 2.20. The summed E-state index contributed by atoms with van der Waals surface area (Å²) in [6.07, 6.45) is 5.74. The average Bonchev–Trinajstić information content (AvgIpc) is 2.96. The molecule has 20 heavy (non-hydrogen) atoms. The van der Waals surface area contributed by atoms with Crippen LogP contribution in [0.15, 0.2) is 12.4 Å². The lowest BCUT2D eigenvalue weighted by atomic mass is 10.1. The van der Waals surface area contributed by atoms with Gasteiger partial charge in [0.2, 0.25) is 5.91 Å². The normalized spacial score (nSPS) is 25.5. The Labute approximate surface area is 115 Å². The van der Waals surface area contributed by atoms with Gasteiger partial charge in [0, 0.05) is 25.2 Å². The van der Waals surface area contributed by atoms with Gasteiger partial charge in [-0.3, -0.25) is 19.6 Å². The van der Waals surface area contributed by atoms with Crippen molar-refractivity contribution in [2.75, 3.05) is 13.1 Å². The van der Waals surface area contributed by atoms with E-state index < -0.39 is 4.92 Å². The van der Waals surface area contributed by atoms with Crippen molar-refractivity contribution >= 4 is 11.6 Å². The van der Waals surface area contributed by atoms with Crippen LogP contribution in [-0.2, 0) is 11.3 Å². The SMILES string of the molecule is O=C(Cn1cc([N+](=O)[O-])cn1)N1CCC2CCC(C1)N2. The molecule has 1 aromatic rings. The fourth-order valence-electron chi connectivity index (χ4n) is 2.94. The van der Waals surface area contributed by atoms with E-state index in [1.807, 2.05) is 4.90 Å². The van der Waals surface area contributed by atoms with Crippen LogP contribution in [0.25, 0.3) is 0 Å². The standard InChI is InChI=1S/C12H17N5O3/c18-12(8-16-7-11(5-13-16)17(19)20)15-4-3-9-1-2-10(6-15)14-9/h5,7,9-10,14H,1-4,6,8H2. The maximum Gasteiger partial charge on any atom is 0.307 e. The molecule has 2 aliphatic rings. The quantitative estimate of drug-likeness (QED) is 0.627. The highest BCUT2D eigenvalue weighted by Gasteiger charge is 2.31. The number of fused-ring (bicyclic) bond motifs is 2. The van der Waals surface area contributed by atoms with Crippen LogP contribution in [0.5, 0.6) is 0 Å². The van der Waals surface area contributed by atoms with E-state index in [1.54, 1.807) is 0 Å². The first-order valence-electron chi connectivity index (χ1n) is 6.82. The summed E-state index contributed by atoms with van der Waals surface area (Å²) in [4.78, 5) is 24.2. The molecule has 108 valence electrons. The number of amides is 1. The zero-order chi connectivity index (χ0) is 14.1. The molecule has 0 aliphatic carbocycles. The third kappa shape index (κ3) is 2.64. The van der Waals surface area contributed by atoms with Gasteiger partial charge in [0.15, 0.2) is 0 Å². The summed E-state index contributed by atoms with van der Waals surface area (Å²) in [5, 5.41) is 18.0. The third-order valence-electron chi connectivity index (χ3n) is 4.00. The molecule has 3 heterocycles. The molecule has 8 heteroatoms. The molecule has 0 radical (unpaired) electrons. The predicted octanol–water partition coefficient (Wildman–Crippen LogP) is 0.144. The lowest BCUT2D eigenvalue weighted by molar-refractivity contribution is -0.385. The van der Waals surface area contributed by atoms with Crippen molar-refractivity contribution in [1.82, 2.24) is 20.0 Å². The van der Waals surface area contributed by atoms with Gasteiger partial charge in [0.05, 0.1) is 4.92 Å². The van der Waals surface area contributed by atoms with Gasteiger partial charge in [-0.2, -0.15) is 5.10 Å². The van der Waals surface area contributed by atoms with E-state index in [0.29, 0.717) is 12.1 Å². The number of rotatable bonds is 3. The molecule has 0 aromatic carbocycles. The molecule has 2 fully saturated rings. The number of likely N-dealkylation sites (tertiary alicyclic amines) is 1. The Kier molecular flexibility index (Phi) is 3.39. The molecule has 1 amide bonds. The number of nitrogens with one attached hydrogen (secondary N) is 1. The van der Waals surface area contributed by atoms with Crippen molar-refractivity contribution in [1.29, 1.82) is 0 Å². The number of hydrogen-bond acceptors (Lipinski definition) is 5. The lowest BCUT2D eigenvalue weighted by Crippen LogP contribution is -2.40. The Bertz CT molecular complexity index is 529. The van der Waals surface area contributed by atoms with Gasteiger partial charge < -0.3 is 10.2 Å². The Hall–Kier alpha value is -1.96. The van der Waals surface area contributed by atoms with E-state index in [9.17, 15) is 14.9 Å². The van der Waals surface area contributed by atoms with E-state index in [1.165, 1.54) is 23.5 Å². The van der Waals surface area contributed by atoms with Gasteiger partial charge >= 0.3 is 5.69 Å². The number of hydrogen-bond donors (Lipinski definition) is 1. The molecule has 2 aliphatic heterocycles. The largest absolute Gasteiger partial charge is 0.339 e. The number of nitrogens with zero attached hydrogens (tertiary/aromatic N) is 4. The molecule has 1 aromatic heterocycles. The molecule has 1 N–H and O–H groups in total. The highest BCUT2D eigenvalue weighted by atomic mass is 16.6. The summed E-state index contributed by atoms with van der Waals surface area (Å²) in [7, 11) is 0. The minimum Gasteiger partial charge on any atom is -0.339 e. The number of carbonyl (C=O) groups excluding carboxylic acids is 1. The first-order valence-corrected chi connectivity index (χ1v) is 6.82. The van der Waals surface area contributed by atoms with Gasteiger partial charge in [-0.25, -0.2) is 0 Å². The second kappa shape index (κ2) is 5.20. The minimum atomic E-state index is -0.511. The van der Waals surface area contributed by atoms with Crippen LogP contribution in [0.1, 0.15) is 19.3 Å².